The third-order valence-corrected chi connectivity index (χ3v) is 3.95. The van der Waals surface area contributed by atoms with E-state index < -0.39 is 5.82 Å². The predicted molar refractivity (Wildman–Crippen MR) is 83.4 cm³/mol. The largest absolute Gasteiger partial charge is 0.313 e. The van der Waals surface area contributed by atoms with Gasteiger partial charge in [-0.05, 0) is 48.9 Å². The Labute approximate surface area is 132 Å². The second kappa shape index (κ2) is 6.77. The van der Waals surface area contributed by atoms with E-state index in [1.165, 1.54) is 6.07 Å². The van der Waals surface area contributed by atoms with E-state index in [2.05, 4.69) is 5.32 Å². The minimum atomic E-state index is -0.414. The average molecular weight is 333 g/mol. The van der Waals surface area contributed by atoms with E-state index in [0.717, 1.165) is 11.1 Å². The van der Waals surface area contributed by atoms with Crippen LogP contribution in [-0.2, 0) is 6.42 Å². The Morgan fingerprint density at radius 1 is 1.10 bits per heavy atom. The standard InChI is InChI=1S/C15H13Cl3FN/c1-20-14(10-5-11(16)8-12(17)6-10)7-9-3-2-4-13(19)15(9)18/h2-6,8,14,20H,7H2,1H3. The monoisotopic (exact) mass is 331 g/mol. The summed E-state index contributed by atoms with van der Waals surface area (Å²) in [5.74, 6) is -0.414. The molecule has 0 saturated heterocycles. The molecule has 5 heteroatoms. The van der Waals surface area contributed by atoms with Crippen LogP contribution in [-0.4, -0.2) is 7.05 Å². The molecule has 1 atom stereocenters. The summed E-state index contributed by atoms with van der Waals surface area (Å²) in [4.78, 5) is 0. The fourth-order valence-corrected chi connectivity index (χ4v) is 2.84. The van der Waals surface area contributed by atoms with Gasteiger partial charge >= 0.3 is 0 Å². The van der Waals surface area contributed by atoms with Crippen LogP contribution >= 0.6 is 34.8 Å². The average Bonchev–Trinajstić information content (AvgIpc) is 2.39. The van der Waals surface area contributed by atoms with Crippen molar-refractivity contribution in [2.45, 2.75) is 12.5 Å². The van der Waals surface area contributed by atoms with Gasteiger partial charge in [0, 0.05) is 16.1 Å². The van der Waals surface area contributed by atoms with Gasteiger partial charge in [0.15, 0.2) is 0 Å². The highest BCUT2D eigenvalue weighted by atomic mass is 35.5. The maximum absolute atomic E-state index is 13.5. The van der Waals surface area contributed by atoms with Crippen molar-refractivity contribution in [3.63, 3.8) is 0 Å². The second-order valence-corrected chi connectivity index (χ2v) is 5.71. The minimum Gasteiger partial charge on any atom is -0.313 e. The summed E-state index contributed by atoms with van der Waals surface area (Å²) in [7, 11) is 1.83. The zero-order valence-electron chi connectivity index (χ0n) is 10.8. The van der Waals surface area contributed by atoms with E-state index in [1.54, 1.807) is 12.1 Å². The van der Waals surface area contributed by atoms with Crippen molar-refractivity contribution in [1.29, 1.82) is 0 Å². The van der Waals surface area contributed by atoms with Gasteiger partial charge in [0.05, 0.1) is 5.02 Å². The van der Waals surface area contributed by atoms with Gasteiger partial charge in [0.25, 0.3) is 0 Å². The number of nitrogens with one attached hydrogen (secondary N) is 1. The van der Waals surface area contributed by atoms with Gasteiger partial charge < -0.3 is 5.32 Å². The molecular weight excluding hydrogens is 320 g/mol. The summed E-state index contributed by atoms with van der Waals surface area (Å²) < 4.78 is 13.5. The zero-order chi connectivity index (χ0) is 14.7. The fourth-order valence-electron chi connectivity index (χ4n) is 2.09. The molecule has 1 nitrogen and oxygen atoms in total. The van der Waals surface area contributed by atoms with Crippen LogP contribution in [0, 0.1) is 5.82 Å². The Kier molecular flexibility index (Phi) is 5.28. The second-order valence-electron chi connectivity index (χ2n) is 4.46. The SMILES string of the molecule is CNC(Cc1cccc(F)c1Cl)c1cc(Cl)cc(Cl)c1. The van der Waals surface area contributed by atoms with Crippen molar-refractivity contribution < 1.29 is 4.39 Å². The normalized spacial score (nSPS) is 12.4. The maximum atomic E-state index is 13.5. The molecule has 0 saturated carbocycles. The molecule has 0 fully saturated rings. The molecule has 2 rings (SSSR count). The topological polar surface area (TPSA) is 12.0 Å². The van der Waals surface area contributed by atoms with Gasteiger partial charge in [-0.1, -0.05) is 46.9 Å². The van der Waals surface area contributed by atoms with Gasteiger partial charge in [-0.15, -0.1) is 0 Å². The molecular formula is C15H13Cl3FN. The minimum absolute atomic E-state index is 0.0505. The lowest BCUT2D eigenvalue weighted by Gasteiger charge is -2.18. The van der Waals surface area contributed by atoms with E-state index in [0.29, 0.717) is 16.5 Å². The molecule has 0 aromatic heterocycles. The van der Waals surface area contributed by atoms with E-state index in [1.807, 2.05) is 25.2 Å². The third kappa shape index (κ3) is 3.64. The molecule has 20 heavy (non-hydrogen) atoms. The Hall–Kier alpha value is -0.800. The van der Waals surface area contributed by atoms with Crippen LogP contribution in [0.1, 0.15) is 17.2 Å². The Morgan fingerprint density at radius 3 is 2.35 bits per heavy atom. The summed E-state index contributed by atoms with van der Waals surface area (Å²) >= 11 is 18.0. The third-order valence-electron chi connectivity index (χ3n) is 3.09. The van der Waals surface area contributed by atoms with Gasteiger partial charge in [0.1, 0.15) is 5.82 Å². The van der Waals surface area contributed by atoms with Crippen LogP contribution < -0.4 is 5.32 Å². The first-order valence-corrected chi connectivity index (χ1v) is 7.21. The first-order chi connectivity index (χ1) is 9.51. The summed E-state index contributed by atoms with van der Waals surface area (Å²) in [6.07, 6.45) is 0.545. The fraction of sp³-hybridized carbons (Fsp3) is 0.200. The molecule has 2 aromatic carbocycles. The smallest absolute Gasteiger partial charge is 0.142 e. The van der Waals surface area contributed by atoms with Gasteiger partial charge in [0.2, 0.25) is 0 Å². The Bertz CT molecular complexity index is 596. The molecule has 0 amide bonds. The maximum Gasteiger partial charge on any atom is 0.142 e. The molecule has 1 N–H and O–H groups in total. The first-order valence-electron chi connectivity index (χ1n) is 6.07. The van der Waals surface area contributed by atoms with Crippen molar-refractivity contribution in [2.24, 2.45) is 0 Å². The van der Waals surface area contributed by atoms with Crippen LogP contribution in [0.4, 0.5) is 4.39 Å². The highest BCUT2D eigenvalue weighted by molar-refractivity contribution is 6.34. The number of hydrogen-bond acceptors (Lipinski definition) is 1. The molecule has 0 aliphatic heterocycles. The predicted octanol–water partition coefficient (Wildman–Crippen LogP) is 5.29. The number of rotatable bonds is 4. The van der Waals surface area contributed by atoms with E-state index in [-0.39, 0.29) is 11.1 Å². The molecule has 2 aromatic rings. The molecule has 0 aliphatic carbocycles. The zero-order valence-corrected chi connectivity index (χ0v) is 13.0. The quantitative estimate of drug-likeness (QED) is 0.802. The molecule has 0 heterocycles. The number of likely N-dealkylation sites (N-methyl/N-ethyl adjacent to an activating group) is 1. The summed E-state index contributed by atoms with van der Waals surface area (Å²) in [6, 6.07) is 10.1. The summed E-state index contributed by atoms with van der Waals surface area (Å²) in [5, 5.41) is 4.46. The lowest BCUT2D eigenvalue weighted by atomic mass is 9.99. The summed E-state index contributed by atoms with van der Waals surface area (Å²) in [5.41, 5.74) is 1.67. The van der Waals surface area contributed by atoms with Crippen molar-refractivity contribution in [2.75, 3.05) is 7.05 Å². The van der Waals surface area contributed by atoms with Crippen LogP contribution in [0.5, 0.6) is 0 Å². The molecule has 0 bridgehead atoms. The van der Waals surface area contributed by atoms with E-state index >= 15 is 0 Å². The first kappa shape index (κ1) is 15.6. The van der Waals surface area contributed by atoms with Crippen molar-refractivity contribution in [3.8, 4) is 0 Å². The van der Waals surface area contributed by atoms with Crippen LogP contribution in [0.15, 0.2) is 36.4 Å². The summed E-state index contributed by atoms with van der Waals surface area (Å²) in [6.45, 7) is 0. The Morgan fingerprint density at radius 2 is 1.75 bits per heavy atom. The van der Waals surface area contributed by atoms with Crippen molar-refractivity contribution >= 4 is 34.8 Å². The van der Waals surface area contributed by atoms with Crippen molar-refractivity contribution in [3.05, 3.63) is 68.4 Å². The molecule has 1 unspecified atom stereocenters. The lowest BCUT2D eigenvalue weighted by Crippen LogP contribution is -2.19. The number of hydrogen-bond donors (Lipinski definition) is 1. The molecule has 0 aliphatic rings. The van der Waals surface area contributed by atoms with Crippen LogP contribution in [0.2, 0.25) is 15.1 Å². The van der Waals surface area contributed by atoms with Crippen LogP contribution in [0.25, 0.3) is 0 Å². The molecule has 0 radical (unpaired) electrons. The van der Waals surface area contributed by atoms with Gasteiger partial charge in [-0.2, -0.15) is 0 Å². The van der Waals surface area contributed by atoms with E-state index in [4.69, 9.17) is 34.8 Å². The number of benzene rings is 2. The highest BCUT2D eigenvalue weighted by Gasteiger charge is 2.15. The van der Waals surface area contributed by atoms with Gasteiger partial charge in [-0.25, -0.2) is 4.39 Å². The van der Waals surface area contributed by atoms with Gasteiger partial charge in [-0.3, -0.25) is 0 Å². The Balaban J connectivity index is 2.31. The van der Waals surface area contributed by atoms with Crippen LogP contribution in [0.3, 0.4) is 0 Å². The highest BCUT2D eigenvalue weighted by Crippen LogP contribution is 2.28. The lowest BCUT2D eigenvalue weighted by molar-refractivity contribution is 0.584. The van der Waals surface area contributed by atoms with E-state index in [9.17, 15) is 4.39 Å². The molecule has 106 valence electrons. The number of halogens is 4. The molecule has 0 spiro atoms. The van der Waals surface area contributed by atoms with Crippen molar-refractivity contribution in [1.82, 2.24) is 5.32 Å².